The third kappa shape index (κ3) is 11.1. The van der Waals surface area contributed by atoms with Crippen LogP contribution in [0.25, 0.3) is 32.7 Å². The number of rotatable bonds is 5. The van der Waals surface area contributed by atoms with Crippen molar-refractivity contribution in [3.05, 3.63) is 159 Å². The number of alkyl halides is 6. The van der Waals surface area contributed by atoms with E-state index in [4.69, 9.17) is 0 Å². The maximum absolute atomic E-state index is 12.5. The van der Waals surface area contributed by atoms with Crippen LogP contribution in [0.4, 0.5) is 26.3 Å². The minimum Gasteiger partial charge on any atom is -1.00 e. The minimum absolute atomic E-state index is 0. The standard InChI is InChI=1S/C25H25.C15H8F6.C13H21.2ClH.Zr/c1-14-12-24(3,4)22-8-16-7-17-9-23-19(15(2)13-25(23,5)6)11-21(17)20(16)10-18(14)22;16-14(17,18)12-5-1-10(2-6-12)9-11-3-7-13(8-4-11)15(19,20)21;1-5-6-7-11-8-9-12(10-11)13(2,3)4;;;/h7-13H,1-6H3;1-8H;9-11H,5-7H2,1-4H3;2*1H;/q-1;;-1;;;+2/p-2. The van der Waals surface area contributed by atoms with Crippen molar-refractivity contribution in [2.24, 2.45) is 11.3 Å². The molecule has 0 nitrogen and oxygen atoms in total. The van der Waals surface area contributed by atoms with Gasteiger partial charge in [0, 0.05) is 10.8 Å². The van der Waals surface area contributed by atoms with Gasteiger partial charge in [-0.1, -0.05) is 121 Å². The van der Waals surface area contributed by atoms with Crippen LogP contribution in [-0.2, 0) is 47.4 Å². The van der Waals surface area contributed by atoms with Crippen molar-refractivity contribution in [3.8, 4) is 0 Å². The molecule has 3 aliphatic rings. The number of benzene rings is 4. The fourth-order valence-electron chi connectivity index (χ4n) is 8.60. The van der Waals surface area contributed by atoms with Gasteiger partial charge < -0.3 is 24.8 Å². The first-order valence-electron chi connectivity index (χ1n) is 20.7. The second-order valence-corrected chi connectivity index (χ2v) is 19.9. The van der Waals surface area contributed by atoms with Crippen LogP contribution < -0.4 is 24.8 Å². The first-order valence-corrected chi connectivity index (χ1v) is 21.9. The van der Waals surface area contributed by atoms with Crippen LogP contribution in [0, 0.1) is 17.4 Å². The number of hydrogen-bond donors (Lipinski definition) is 0. The molecule has 0 aromatic heterocycles. The zero-order valence-corrected chi connectivity index (χ0v) is 41.0. The van der Waals surface area contributed by atoms with Crippen LogP contribution in [0.3, 0.4) is 0 Å². The molecular formula is C53H54Cl2F6Zr-2. The molecule has 0 heterocycles. The molecule has 0 fully saturated rings. The third-order valence-corrected chi connectivity index (χ3v) is 13.4. The molecule has 62 heavy (non-hydrogen) atoms. The van der Waals surface area contributed by atoms with E-state index < -0.39 is 23.5 Å². The number of hydrogen-bond acceptors (Lipinski definition) is 0. The topological polar surface area (TPSA) is 0 Å². The molecule has 5 aromatic rings. The Kier molecular flexibility index (Phi) is 15.7. The van der Waals surface area contributed by atoms with Gasteiger partial charge in [0.15, 0.2) is 0 Å². The Morgan fingerprint density at radius 2 is 1.08 bits per heavy atom. The number of halogens is 8. The van der Waals surface area contributed by atoms with Crippen LogP contribution in [0.15, 0.2) is 109 Å². The molecule has 9 heteroatoms. The Morgan fingerprint density at radius 1 is 0.677 bits per heavy atom. The number of unbranched alkanes of at least 4 members (excludes halogenated alkanes) is 1. The van der Waals surface area contributed by atoms with E-state index in [9.17, 15) is 26.3 Å². The maximum Gasteiger partial charge on any atom is -1.00 e. The SMILES string of the molecule is CC1=CC(C)(C)c2cc3[cH-]c4cc5c(cc4c3cc21)C(C)=CC5(C)C.CCCCC1[C-]=CC(C(C)(C)C)=C1.FC(F)(F)c1ccc([C](=[Zr+2])c2ccc(C(F)(F)F)cc2)cc1.[Cl-].[Cl-]. The van der Waals surface area contributed by atoms with E-state index in [1.54, 1.807) is 0 Å². The Labute approximate surface area is 391 Å². The molecule has 0 saturated carbocycles. The van der Waals surface area contributed by atoms with Gasteiger partial charge in [0.05, 0.1) is 0 Å². The molecule has 328 valence electrons. The average molecular weight is 967 g/mol. The molecule has 1 atom stereocenters. The van der Waals surface area contributed by atoms with Crippen molar-refractivity contribution in [2.75, 3.05) is 0 Å². The summed E-state index contributed by atoms with van der Waals surface area (Å²) < 4.78 is 75.6. The van der Waals surface area contributed by atoms with E-state index in [0.717, 1.165) is 48.5 Å². The first kappa shape index (κ1) is 51.3. The smallest absolute Gasteiger partial charge is 1.00 e. The summed E-state index contributed by atoms with van der Waals surface area (Å²) in [5.74, 6) is 0.592. The van der Waals surface area contributed by atoms with E-state index in [1.165, 1.54) is 104 Å². The summed E-state index contributed by atoms with van der Waals surface area (Å²) in [6, 6.07) is 21.2. The monoisotopic (exact) mass is 964 g/mol. The molecule has 8 rings (SSSR count). The summed E-state index contributed by atoms with van der Waals surface area (Å²) in [6.45, 7) is 22.8. The molecule has 5 aromatic carbocycles. The Morgan fingerprint density at radius 3 is 1.42 bits per heavy atom. The molecule has 0 aliphatic heterocycles. The maximum atomic E-state index is 12.5. The second kappa shape index (κ2) is 19.0. The van der Waals surface area contributed by atoms with E-state index in [2.05, 4.69) is 130 Å². The Hall–Kier alpha value is -3.38. The van der Waals surface area contributed by atoms with E-state index in [1.807, 2.05) is 0 Å². The summed E-state index contributed by atoms with van der Waals surface area (Å²) in [6.07, 6.45) is 7.87. The van der Waals surface area contributed by atoms with Gasteiger partial charge in [-0.3, -0.25) is 6.08 Å². The van der Waals surface area contributed by atoms with Crippen LogP contribution in [0.1, 0.15) is 133 Å². The van der Waals surface area contributed by atoms with Crippen molar-refractivity contribution in [1.82, 2.24) is 0 Å². The van der Waals surface area contributed by atoms with Crippen molar-refractivity contribution < 1.29 is 75.4 Å². The molecule has 0 bridgehead atoms. The quantitative estimate of drug-likeness (QED) is 0.122. The molecule has 0 N–H and O–H groups in total. The van der Waals surface area contributed by atoms with Gasteiger partial charge in [-0.15, -0.1) is 39.7 Å². The van der Waals surface area contributed by atoms with E-state index in [-0.39, 0.29) is 35.6 Å². The first-order chi connectivity index (χ1) is 27.8. The fourth-order valence-corrected chi connectivity index (χ4v) is 9.42. The molecule has 0 amide bonds. The van der Waals surface area contributed by atoms with Gasteiger partial charge in [0.25, 0.3) is 0 Å². The van der Waals surface area contributed by atoms with Crippen molar-refractivity contribution in [2.45, 2.75) is 112 Å². The predicted molar refractivity (Wildman–Crippen MR) is 235 cm³/mol. The van der Waals surface area contributed by atoms with Crippen molar-refractivity contribution in [3.63, 3.8) is 0 Å². The molecule has 3 aliphatic carbocycles. The van der Waals surface area contributed by atoms with Gasteiger partial charge in [0.1, 0.15) is 0 Å². The number of allylic oxidation sites excluding steroid dienone is 8. The zero-order valence-electron chi connectivity index (χ0n) is 37.0. The van der Waals surface area contributed by atoms with Gasteiger partial charge in [0.2, 0.25) is 0 Å². The molecule has 1 unspecified atom stereocenters. The minimum atomic E-state index is -4.41. The second-order valence-electron chi connectivity index (χ2n) is 18.7. The van der Waals surface area contributed by atoms with Crippen molar-refractivity contribution in [1.29, 1.82) is 0 Å². The molecular weight excluding hydrogens is 913 g/mol. The zero-order chi connectivity index (χ0) is 44.2. The predicted octanol–water partition coefficient (Wildman–Crippen LogP) is 10.1. The van der Waals surface area contributed by atoms with E-state index >= 15 is 0 Å². The van der Waals surface area contributed by atoms with Gasteiger partial charge in [-0.25, -0.2) is 6.08 Å². The Balaban J connectivity index is 0.000000211. The summed E-state index contributed by atoms with van der Waals surface area (Å²) in [5.41, 5.74) is 10.3. The van der Waals surface area contributed by atoms with Crippen LogP contribution in [0.2, 0.25) is 0 Å². The van der Waals surface area contributed by atoms with Gasteiger partial charge in [-0.2, -0.15) is 11.6 Å². The number of fused-ring (bicyclic) bond motifs is 5. The molecule has 0 radical (unpaired) electrons. The van der Waals surface area contributed by atoms with Gasteiger partial charge in [-0.05, 0) is 36.1 Å². The van der Waals surface area contributed by atoms with Crippen LogP contribution in [0.5, 0.6) is 0 Å². The normalized spacial score (nSPS) is 17.1. The summed E-state index contributed by atoms with van der Waals surface area (Å²) in [5, 5.41) is 5.57. The largest absolute Gasteiger partial charge is 1.00 e. The molecule has 0 spiro atoms. The molecule has 0 saturated heterocycles. The summed E-state index contributed by atoms with van der Waals surface area (Å²) in [7, 11) is 0. The van der Waals surface area contributed by atoms with E-state index in [0.29, 0.717) is 25.7 Å². The Bertz CT molecular complexity index is 2400. The summed E-state index contributed by atoms with van der Waals surface area (Å²) in [4.78, 5) is 0. The summed E-state index contributed by atoms with van der Waals surface area (Å²) >= 11 is 0.898. The third-order valence-electron chi connectivity index (χ3n) is 11.9. The van der Waals surface area contributed by atoms with Crippen LogP contribution >= 0.6 is 0 Å². The van der Waals surface area contributed by atoms with Crippen LogP contribution in [-0.4, -0.2) is 3.21 Å². The van der Waals surface area contributed by atoms with Gasteiger partial charge >= 0.3 is 137 Å². The van der Waals surface area contributed by atoms with Crippen molar-refractivity contribution >= 4 is 35.9 Å². The average Bonchev–Trinajstić information content (AvgIpc) is 3.90. The fraction of sp³-hybridized carbons (Fsp3) is 0.358.